The number of pyridine rings is 1. The van der Waals surface area contributed by atoms with Gasteiger partial charge in [0.25, 0.3) is 0 Å². The van der Waals surface area contributed by atoms with Crippen LogP contribution >= 0.6 is 11.8 Å². The molecular formula is C13H20N2O2S. The van der Waals surface area contributed by atoms with Gasteiger partial charge in [0, 0.05) is 12.3 Å². The van der Waals surface area contributed by atoms with Gasteiger partial charge in [-0.2, -0.15) is 0 Å². The van der Waals surface area contributed by atoms with E-state index in [0.717, 1.165) is 12.2 Å². The zero-order chi connectivity index (χ0) is 13.2. The molecule has 0 aromatic carbocycles. The van der Waals surface area contributed by atoms with Crippen LogP contribution in [-0.4, -0.2) is 15.7 Å². The molecule has 0 aliphatic rings. The fourth-order valence-electron chi connectivity index (χ4n) is 1.68. The molecule has 1 aromatic rings. The number of nitrogens with zero attached hydrogens (tertiary/aromatic N) is 2. The summed E-state index contributed by atoms with van der Waals surface area (Å²) < 4.78 is 0. The van der Waals surface area contributed by atoms with Crippen LogP contribution in [0.4, 0.5) is 5.69 Å². The number of rotatable bonds is 9. The van der Waals surface area contributed by atoms with E-state index in [9.17, 15) is 10.1 Å². The Kier molecular flexibility index (Phi) is 7.41. The third kappa shape index (κ3) is 5.49. The van der Waals surface area contributed by atoms with Crippen molar-refractivity contribution in [2.75, 3.05) is 5.75 Å². The molecule has 0 atom stereocenters. The maximum atomic E-state index is 10.8. The number of aromatic nitrogens is 1. The van der Waals surface area contributed by atoms with Crippen LogP contribution < -0.4 is 0 Å². The molecule has 0 amide bonds. The number of thioether (sulfide) groups is 1. The number of hydrogen-bond acceptors (Lipinski definition) is 4. The average molecular weight is 268 g/mol. The lowest BCUT2D eigenvalue weighted by Gasteiger charge is -2.02. The fraction of sp³-hybridized carbons (Fsp3) is 0.615. The van der Waals surface area contributed by atoms with E-state index < -0.39 is 0 Å². The number of hydrogen-bond donors (Lipinski definition) is 0. The van der Waals surface area contributed by atoms with Crippen LogP contribution in [0.2, 0.25) is 0 Å². The topological polar surface area (TPSA) is 56.0 Å². The minimum Gasteiger partial charge on any atom is -0.258 e. The van der Waals surface area contributed by atoms with Crippen LogP contribution in [0.3, 0.4) is 0 Å². The first-order valence-electron chi connectivity index (χ1n) is 6.48. The summed E-state index contributed by atoms with van der Waals surface area (Å²) in [6.07, 6.45) is 9.03. The molecule has 1 heterocycles. The zero-order valence-electron chi connectivity index (χ0n) is 10.8. The Morgan fingerprint density at radius 3 is 2.72 bits per heavy atom. The van der Waals surface area contributed by atoms with Gasteiger partial charge in [-0.05, 0) is 18.2 Å². The van der Waals surface area contributed by atoms with Crippen molar-refractivity contribution in [1.82, 2.24) is 4.98 Å². The van der Waals surface area contributed by atoms with Crippen molar-refractivity contribution in [3.63, 3.8) is 0 Å². The van der Waals surface area contributed by atoms with Crippen LogP contribution in [0.15, 0.2) is 23.4 Å². The molecular weight excluding hydrogens is 248 g/mol. The molecule has 0 radical (unpaired) electrons. The molecule has 0 spiro atoms. The molecule has 1 aromatic heterocycles. The Morgan fingerprint density at radius 2 is 2.00 bits per heavy atom. The lowest BCUT2D eigenvalue weighted by Crippen LogP contribution is -1.93. The molecule has 18 heavy (non-hydrogen) atoms. The van der Waals surface area contributed by atoms with Crippen molar-refractivity contribution >= 4 is 17.4 Å². The van der Waals surface area contributed by atoms with Crippen molar-refractivity contribution in [3.8, 4) is 0 Å². The Morgan fingerprint density at radius 1 is 1.28 bits per heavy atom. The maximum Gasteiger partial charge on any atom is 0.301 e. The van der Waals surface area contributed by atoms with E-state index in [1.54, 1.807) is 12.3 Å². The van der Waals surface area contributed by atoms with Crippen molar-refractivity contribution in [3.05, 3.63) is 28.4 Å². The lowest BCUT2D eigenvalue weighted by atomic mass is 10.1. The minimum absolute atomic E-state index is 0.119. The normalized spacial score (nSPS) is 10.5. The van der Waals surface area contributed by atoms with Crippen molar-refractivity contribution < 1.29 is 4.92 Å². The molecule has 100 valence electrons. The van der Waals surface area contributed by atoms with Gasteiger partial charge in [-0.15, -0.1) is 0 Å². The second-order valence-corrected chi connectivity index (χ2v) is 5.28. The zero-order valence-corrected chi connectivity index (χ0v) is 11.6. The number of unbranched alkanes of at least 4 members (excludes halogenated alkanes) is 5. The van der Waals surface area contributed by atoms with Gasteiger partial charge >= 0.3 is 5.69 Å². The Hall–Kier alpha value is -1.10. The van der Waals surface area contributed by atoms with Crippen LogP contribution in [0.1, 0.15) is 45.4 Å². The molecule has 0 N–H and O–H groups in total. The van der Waals surface area contributed by atoms with E-state index in [1.165, 1.54) is 49.9 Å². The summed E-state index contributed by atoms with van der Waals surface area (Å²) >= 11 is 1.49. The van der Waals surface area contributed by atoms with Crippen LogP contribution in [0.5, 0.6) is 0 Å². The summed E-state index contributed by atoms with van der Waals surface area (Å²) in [5.74, 6) is 0.907. The van der Waals surface area contributed by atoms with Gasteiger partial charge in [-0.1, -0.05) is 50.8 Å². The predicted molar refractivity (Wildman–Crippen MR) is 75.0 cm³/mol. The molecule has 0 saturated heterocycles. The summed E-state index contributed by atoms with van der Waals surface area (Å²) in [4.78, 5) is 14.5. The minimum atomic E-state index is -0.365. The standard InChI is InChI=1S/C13H20N2O2S/c1-2-3-4-5-6-7-11-18-13-12(15(16)17)9-8-10-14-13/h8-10H,2-7,11H2,1H3. The Bertz CT molecular complexity index is 372. The van der Waals surface area contributed by atoms with Crippen molar-refractivity contribution in [2.24, 2.45) is 0 Å². The van der Waals surface area contributed by atoms with Crippen LogP contribution in [-0.2, 0) is 0 Å². The largest absolute Gasteiger partial charge is 0.301 e. The van der Waals surface area contributed by atoms with Crippen LogP contribution in [0.25, 0.3) is 0 Å². The van der Waals surface area contributed by atoms with E-state index in [4.69, 9.17) is 0 Å². The predicted octanol–water partition coefficient (Wildman–Crippen LogP) is 4.44. The molecule has 5 heteroatoms. The van der Waals surface area contributed by atoms with Gasteiger partial charge in [0.1, 0.15) is 0 Å². The maximum absolute atomic E-state index is 10.8. The van der Waals surface area contributed by atoms with Crippen molar-refractivity contribution in [2.45, 2.75) is 50.5 Å². The third-order valence-corrected chi connectivity index (χ3v) is 3.77. The van der Waals surface area contributed by atoms with E-state index in [1.807, 2.05) is 0 Å². The van der Waals surface area contributed by atoms with Gasteiger partial charge in [-0.25, -0.2) is 4.98 Å². The first-order valence-corrected chi connectivity index (χ1v) is 7.46. The number of nitro groups is 1. The van der Waals surface area contributed by atoms with Crippen LogP contribution in [0, 0.1) is 10.1 Å². The fourth-order valence-corrected chi connectivity index (χ4v) is 2.65. The molecule has 1 rings (SSSR count). The first kappa shape index (κ1) is 15.0. The van der Waals surface area contributed by atoms with Gasteiger partial charge in [0.15, 0.2) is 5.03 Å². The summed E-state index contributed by atoms with van der Waals surface area (Å²) in [7, 11) is 0. The van der Waals surface area contributed by atoms with E-state index in [0.29, 0.717) is 5.03 Å². The highest BCUT2D eigenvalue weighted by atomic mass is 32.2. The quantitative estimate of drug-likeness (QED) is 0.287. The monoisotopic (exact) mass is 268 g/mol. The summed E-state index contributed by atoms with van der Waals surface area (Å²) in [5.41, 5.74) is 0.119. The van der Waals surface area contributed by atoms with E-state index in [2.05, 4.69) is 11.9 Å². The van der Waals surface area contributed by atoms with E-state index >= 15 is 0 Å². The molecule has 0 unspecified atom stereocenters. The van der Waals surface area contributed by atoms with Gasteiger partial charge < -0.3 is 0 Å². The average Bonchev–Trinajstić information content (AvgIpc) is 2.38. The molecule has 0 aliphatic heterocycles. The smallest absolute Gasteiger partial charge is 0.258 e. The summed E-state index contributed by atoms with van der Waals surface area (Å²) in [6.45, 7) is 2.20. The molecule has 0 fully saturated rings. The van der Waals surface area contributed by atoms with Gasteiger partial charge in [-0.3, -0.25) is 10.1 Å². The highest BCUT2D eigenvalue weighted by Gasteiger charge is 2.13. The molecule has 0 aliphatic carbocycles. The molecule has 0 saturated carbocycles. The third-order valence-electron chi connectivity index (χ3n) is 2.68. The Labute approximate surface area is 112 Å². The summed E-state index contributed by atoms with van der Waals surface area (Å²) in [5, 5.41) is 11.3. The first-order chi connectivity index (χ1) is 8.75. The molecule has 4 nitrogen and oxygen atoms in total. The second kappa shape index (κ2) is 8.91. The SMILES string of the molecule is CCCCCCCCSc1ncccc1[N+](=O)[O-]. The van der Waals surface area contributed by atoms with Gasteiger partial charge in [0.05, 0.1) is 4.92 Å². The van der Waals surface area contributed by atoms with Gasteiger partial charge in [0.2, 0.25) is 0 Å². The van der Waals surface area contributed by atoms with Crippen molar-refractivity contribution in [1.29, 1.82) is 0 Å². The lowest BCUT2D eigenvalue weighted by molar-refractivity contribution is -0.388. The highest BCUT2D eigenvalue weighted by molar-refractivity contribution is 7.99. The van der Waals surface area contributed by atoms with E-state index in [-0.39, 0.29) is 10.6 Å². The second-order valence-electron chi connectivity index (χ2n) is 4.20. The highest BCUT2D eigenvalue weighted by Crippen LogP contribution is 2.27. The molecule has 0 bridgehead atoms. The summed E-state index contributed by atoms with van der Waals surface area (Å²) in [6, 6.07) is 3.11. The Balaban J connectivity index is 2.25.